The van der Waals surface area contributed by atoms with E-state index in [0.29, 0.717) is 23.4 Å². The number of hydrogen-bond donors (Lipinski definition) is 1. The van der Waals surface area contributed by atoms with Crippen molar-refractivity contribution in [1.29, 1.82) is 0 Å². The lowest BCUT2D eigenvalue weighted by Crippen LogP contribution is -2.49. The summed E-state index contributed by atoms with van der Waals surface area (Å²) < 4.78 is 11.2. The average Bonchev–Trinajstić information content (AvgIpc) is 3.09. The molecule has 1 unspecified atom stereocenters. The molecule has 0 radical (unpaired) electrons. The van der Waals surface area contributed by atoms with E-state index < -0.39 is 0 Å². The second-order valence-corrected chi connectivity index (χ2v) is 7.33. The fourth-order valence-electron chi connectivity index (χ4n) is 3.77. The summed E-state index contributed by atoms with van der Waals surface area (Å²) in [6, 6.07) is 4.77. The molecule has 2 aliphatic heterocycles. The third kappa shape index (κ3) is 4.79. The molecule has 0 bridgehead atoms. The first-order valence-corrected chi connectivity index (χ1v) is 9.75. The molecular formula is C19H30ClN3O2. The van der Waals surface area contributed by atoms with Gasteiger partial charge in [-0.25, -0.2) is 0 Å². The number of piperazine rings is 1. The summed E-state index contributed by atoms with van der Waals surface area (Å²) >= 11 is 6.45. The smallest absolute Gasteiger partial charge is 0.179 e. The predicted molar refractivity (Wildman–Crippen MR) is 102 cm³/mol. The minimum atomic E-state index is 0.639. The van der Waals surface area contributed by atoms with Crippen molar-refractivity contribution >= 4 is 11.6 Å². The molecule has 6 heteroatoms. The van der Waals surface area contributed by atoms with Gasteiger partial charge in [0.25, 0.3) is 0 Å². The van der Waals surface area contributed by atoms with Crippen LogP contribution in [-0.2, 0) is 6.54 Å². The molecule has 1 atom stereocenters. The summed E-state index contributed by atoms with van der Waals surface area (Å²) in [4.78, 5) is 5.15. The summed E-state index contributed by atoms with van der Waals surface area (Å²) in [7, 11) is 1.67. The molecule has 140 valence electrons. The third-order valence-electron chi connectivity index (χ3n) is 5.06. The van der Waals surface area contributed by atoms with Gasteiger partial charge < -0.3 is 14.8 Å². The van der Waals surface area contributed by atoms with Crippen LogP contribution in [-0.4, -0.2) is 68.8 Å². The first-order chi connectivity index (χ1) is 12.2. The van der Waals surface area contributed by atoms with E-state index in [9.17, 15) is 0 Å². The van der Waals surface area contributed by atoms with Crippen LogP contribution in [0.25, 0.3) is 0 Å². The maximum Gasteiger partial charge on any atom is 0.179 e. The molecule has 0 amide bonds. The van der Waals surface area contributed by atoms with Crippen LogP contribution in [0.4, 0.5) is 0 Å². The summed E-state index contributed by atoms with van der Waals surface area (Å²) in [5.41, 5.74) is 1.19. The van der Waals surface area contributed by atoms with Gasteiger partial charge in [0.05, 0.1) is 18.7 Å². The Hall–Kier alpha value is -1.01. The monoisotopic (exact) mass is 367 g/mol. The van der Waals surface area contributed by atoms with Crippen molar-refractivity contribution in [3.8, 4) is 11.5 Å². The van der Waals surface area contributed by atoms with Crippen LogP contribution in [0.2, 0.25) is 5.02 Å². The number of methoxy groups -OCH3 is 1. The highest BCUT2D eigenvalue weighted by Gasteiger charge is 2.28. The minimum absolute atomic E-state index is 0.639. The molecule has 25 heavy (non-hydrogen) atoms. The number of halogens is 1. The Morgan fingerprint density at radius 3 is 2.76 bits per heavy atom. The van der Waals surface area contributed by atoms with Crippen LogP contribution in [0.3, 0.4) is 0 Å². The Balaban J connectivity index is 1.62. The van der Waals surface area contributed by atoms with E-state index in [1.807, 2.05) is 6.07 Å². The minimum Gasteiger partial charge on any atom is -0.493 e. The molecule has 0 aliphatic carbocycles. The summed E-state index contributed by atoms with van der Waals surface area (Å²) in [5, 5.41) is 4.07. The Morgan fingerprint density at radius 1 is 1.24 bits per heavy atom. The maximum absolute atomic E-state index is 6.45. The maximum atomic E-state index is 6.45. The van der Waals surface area contributed by atoms with E-state index in [1.165, 1.54) is 25.1 Å². The standard InChI is InChI=1S/C19H30ClN3O2/c1-3-10-25-19-17(20)11-15(12-18(19)24-2)13-22-7-4-16(14-22)23-8-5-21-6-9-23/h11-12,16,21H,3-10,13-14H2,1-2H3. The van der Waals surface area contributed by atoms with Crippen molar-refractivity contribution in [3.63, 3.8) is 0 Å². The fraction of sp³-hybridized carbons (Fsp3) is 0.684. The second kappa shape index (κ2) is 9.08. The van der Waals surface area contributed by atoms with Gasteiger partial charge in [0.2, 0.25) is 0 Å². The van der Waals surface area contributed by atoms with Gasteiger partial charge in [-0.05, 0) is 30.5 Å². The lowest BCUT2D eigenvalue weighted by Gasteiger charge is -2.32. The largest absolute Gasteiger partial charge is 0.493 e. The Bertz CT molecular complexity index is 564. The van der Waals surface area contributed by atoms with Gasteiger partial charge in [-0.15, -0.1) is 0 Å². The fourth-order valence-corrected chi connectivity index (χ4v) is 4.06. The van der Waals surface area contributed by atoms with Crippen molar-refractivity contribution in [2.24, 2.45) is 0 Å². The molecule has 2 fully saturated rings. The summed E-state index contributed by atoms with van der Waals surface area (Å²) in [5.74, 6) is 1.39. The molecule has 1 aromatic rings. The van der Waals surface area contributed by atoms with Crippen LogP contribution in [0.5, 0.6) is 11.5 Å². The number of rotatable bonds is 7. The van der Waals surface area contributed by atoms with Gasteiger partial charge >= 0.3 is 0 Å². The van der Waals surface area contributed by atoms with Crippen LogP contribution in [0, 0.1) is 0 Å². The van der Waals surface area contributed by atoms with Gasteiger partial charge in [-0.2, -0.15) is 0 Å². The van der Waals surface area contributed by atoms with Crippen LogP contribution in [0.15, 0.2) is 12.1 Å². The molecule has 2 heterocycles. The van der Waals surface area contributed by atoms with Gasteiger partial charge in [0.15, 0.2) is 11.5 Å². The number of hydrogen-bond acceptors (Lipinski definition) is 5. The number of ether oxygens (including phenoxy) is 2. The first kappa shape index (κ1) is 18.8. The SMILES string of the molecule is CCCOc1c(Cl)cc(CN2CCC(N3CCNCC3)C2)cc1OC. The molecule has 2 saturated heterocycles. The van der Waals surface area contributed by atoms with Gasteiger partial charge in [-0.1, -0.05) is 18.5 Å². The highest BCUT2D eigenvalue weighted by atomic mass is 35.5. The number of benzene rings is 1. The molecule has 3 rings (SSSR count). The van der Waals surface area contributed by atoms with E-state index in [2.05, 4.69) is 28.1 Å². The zero-order valence-corrected chi connectivity index (χ0v) is 16.1. The van der Waals surface area contributed by atoms with E-state index in [1.54, 1.807) is 7.11 Å². The highest BCUT2D eigenvalue weighted by molar-refractivity contribution is 6.32. The Labute approximate surface area is 156 Å². The molecule has 0 spiro atoms. The average molecular weight is 368 g/mol. The number of nitrogens with zero attached hydrogens (tertiary/aromatic N) is 2. The second-order valence-electron chi connectivity index (χ2n) is 6.92. The summed E-state index contributed by atoms with van der Waals surface area (Å²) in [6.45, 7) is 10.5. The van der Waals surface area contributed by atoms with E-state index in [0.717, 1.165) is 44.9 Å². The van der Waals surface area contributed by atoms with Crippen LogP contribution < -0.4 is 14.8 Å². The molecule has 0 aromatic heterocycles. The Kier molecular flexibility index (Phi) is 6.82. The first-order valence-electron chi connectivity index (χ1n) is 9.37. The number of nitrogens with one attached hydrogen (secondary N) is 1. The molecule has 2 aliphatic rings. The zero-order chi connectivity index (χ0) is 17.6. The van der Waals surface area contributed by atoms with E-state index >= 15 is 0 Å². The van der Waals surface area contributed by atoms with E-state index in [4.69, 9.17) is 21.1 Å². The molecule has 0 saturated carbocycles. The van der Waals surface area contributed by atoms with Crippen molar-refractivity contribution < 1.29 is 9.47 Å². The van der Waals surface area contributed by atoms with Crippen LogP contribution in [0.1, 0.15) is 25.3 Å². The highest BCUT2D eigenvalue weighted by Crippen LogP contribution is 2.37. The normalized spacial score (nSPS) is 22.3. The van der Waals surface area contributed by atoms with Crippen molar-refractivity contribution in [1.82, 2.24) is 15.1 Å². The summed E-state index contributed by atoms with van der Waals surface area (Å²) in [6.07, 6.45) is 2.20. The molecule has 5 nitrogen and oxygen atoms in total. The number of likely N-dealkylation sites (tertiary alicyclic amines) is 1. The third-order valence-corrected chi connectivity index (χ3v) is 5.34. The van der Waals surface area contributed by atoms with Crippen molar-refractivity contribution in [2.45, 2.75) is 32.4 Å². The van der Waals surface area contributed by atoms with Gasteiger partial charge in [0.1, 0.15) is 0 Å². The van der Waals surface area contributed by atoms with Gasteiger partial charge in [0, 0.05) is 51.9 Å². The quantitative estimate of drug-likeness (QED) is 0.801. The molecule has 1 N–H and O–H groups in total. The predicted octanol–water partition coefficient (Wildman–Crippen LogP) is 2.62. The van der Waals surface area contributed by atoms with E-state index in [-0.39, 0.29) is 0 Å². The van der Waals surface area contributed by atoms with Crippen molar-refractivity contribution in [3.05, 3.63) is 22.7 Å². The molecular weight excluding hydrogens is 338 g/mol. The molecule has 1 aromatic carbocycles. The Morgan fingerprint density at radius 2 is 2.04 bits per heavy atom. The van der Waals surface area contributed by atoms with Crippen LogP contribution >= 0.6 is 11.6 Å². The lowest BCUT2D eigenvalue weighted by atomic mass is 10.2. The van der Waals surface area contributed by atoms with Crippen molar-refractivity contribution in [2.75, 3.05) is 53.0 Å². The topological polar surface area (TPSA) is 37.0 Å². The van der Waals surface area contributed by atoms with Gasteiger partial charge in [-0.3, -0.25) is 9.80 Å². The lowest BCUT2D eigenvalue weighted by molar-refractivity contribution is 0.170. The zero-order valence-electron chi connectivity index (χ0n) is 15.4.